The Kier molecular flexibility index (Phi) is 5.17. The molecule has 9 rings (SSSR count). The molecule has 212 valence electrons. The molecule has 2 spiro atoms. The SMILES string of the molecule is O=C1/C(=c2\ccc3cccc4c3c2=NC2(CCCCC2)N4)C(O)C1c1ccc2cccc3c2c1NC1(CCCCC1)N3. The zero-order valence-corrected chi connectivity index (χ0v) is 23.8. The lowest BCUT2D eigenvalue weighted by Gasteiger charge is -2.46. The maximum atomic E-state index is 14.2. The summed E-state index contributed by atoms with van der Waals surface area (Å²) in [6.45, 7) is 0. The number of hydrogen-bond acceptors (Lipinski definition) is 6. The Bertz CT molecular complexity index is 1930. The number of benzene rings is 4. The van der Waals surface area contributed by atoms with Crippen LogP contribution in [0.2, 0.25) is 0 Å². The van der Waals surface area contributed by atoms with Crippen LogP contribution in [-0.4, -0.2) is 28.3 Å². The van der Waals surface area contributed by atoms with Gasteiger partial charge < -0.3 is 21.1 Å². The van der Waals surface area contributed by atoms with Gasteiger partial charge in [-0.25, -0.2) is 0 Å². The third-order valence-electron chi connectivity index (χ3n) is 10.7. The average Bonchev–Trinajstić information content (AvgIpc) is 3.00. The molecule has 6 heteroatoms. The largest absolute Gasteiger partial charge is 0.387 e. The van der Waals surface area contributed by atoms with Crippen molar-refractivity contribution >= 4 is 50.0 Å². The summed E-state index contributed by atoms with van der Waals surface area (Å²) in [5.74, 6) is -0.588. The van der Waals surface area contributed by atoms with Gasteiger partial charge in [-0.3, -0.25) is 9.79 Å². The van der Waals surface area contributed by atoms with E-state index >= 15 is 0 Å². The van der Waals surface area contributed by atoms with Crippen LogP contribution in [0.4, 0.5) is 17.1 Å². The summed E-state index contributed by atoms with van der Waals surface area (Å²) in [6, 6.07) is 20.9. The number of hydrogen-bond donors (Lipinski definition) is 4. The minimum absolute atomic E-state index is 0.00751. The molecule has 0 bridgehead atoms. The summed E-state index contributed by atoms with van der Waals surface area (Å²) < 4.78 is 0. The van der Waals surface area contributed by atoms with Gasteiger partial charge in [0.2, 0.25) is 0 Å². The standard InChI is InChI=1S/C36H36N4O2/c41-33-29(23-15-13-21-9-7-11-25-27(21)31(23)39-35(37-25)17-3-1-4-18-35)34(42)30(33)24-16-14-22-10-8-12-26-28(22)32(24)40-36(38-26)19-5-2-6-20-36/h7-16,29,33,37-39,41H,1-6,17-20H2/b30-24+. The van der Waals surface area contributed by atoms with Crippen molar-refractivity contribution in [1.29, 1.82) is 0 Å². The van der Waals surface area contributed by atoms with E-state index in [0.29, 0.717) is 5.57 Å². The molecule has 5 aliphatic rings. The van der Waals surface area contributed by atoms with Crippen LogP contribution < -0.4 is 26.5 Å². The highest BCUT2D eigenvalue weighted by Gasteiger charge is 2.48. The van der Waals surface area contributed by atoms with Crippen LogP contribution in [0.25, 0.3) is 27.1 Å². The number of carbonyl (C=O) groups excluding carboxylic acids is 1. The van der Waals surface area contributed by atoms with E-state index in [-0.39, 0.29) is 17.1 Å². The van der Waals surface area contributed by atoms with Crippen molar-refractivity contribution in [1.82, 2.24) is 0 Å². The Morgan fingerprint density at radius 2 is 1.38 bits per heavy atom. The predicted octanol–water partition coefficient (Wildman–Crippen LogP) is 6.07. The minimum atomic E-state index is -0.884. The van der Waals surface area contributed by atoms with E-state index in [0.717, 1.165) is 93.3 Å². The highest BCUT2D eigenvalue weighted by Crippen LogP contribution is 2.49. The summed E-state index contributed by atoms with van der Waals surface area (Å²) in [5.41, 5.74) is 4.07. The molecule has 0 aromatic heterocycles. The topological polar surface area (TPSA) is 85.8 Å². The molecule has 42 heavy (non-hydrogen) atoms. The Morgan fingerprint density at radius 3 is 2.12 bits per heavy atom. The Balaban J connectivity index is 1.21. The van der Waals surface area contributed by atoms with E-state index in [1.165, 1.54) is 25.7 Å². The van der Waals surface area contributed by atoms with Crippen molar-refractivity contribution in [3.8, 4) is 0 Å². The molecule has 2 atom stereocenters. The van der Waals surface area contributed by atoms with Crippen molar-refractivity contribution in [2.24, 2.45) is 4.99 Å². The number of nitrogens with zero attached hydrogens (tertiary/aromatic N) is 1. The van der Waals surface area contributed by atoms with Gasteiger partial charge in [0, 0.05) is 38.6 Å². The van der Waals surface area contributed by atoms with E-state index < -0.39 is 12.0 Å². The van der Waals surface area contributed by atoms with E-state index in [9.17, 15) is 9.90 Å². The lowest BCUT2D eigenvalue weighted by Crippen LogP contribution is -2.52. The molecule has 4 N–H and O–H groups in total. The van der Waals surface area contributed by atoms with Crippen LogP contribution in [0.3, 0.4) is 0 Å². The number of Topliss-reactive ketones (excluding diaryl/α,β-unsaturated/α-hetero) is 1. The molecule has 3 fully saturated rings. The molecule has 6 nitrogen and oxygen atoms in total. The second-order valence-corrected chi connectivity index (χ2v) is 13.2. The van der Waals surface area contributed by atoms with Gasteiger partial charge in [0.25, 0.3) is 0 Å². The van der Waals surface area contributed by atoms with Crippen LogP contribution >= 0.6 is 0 Å². The number of rotatable bonds is 1. The van der Waals surface area contributed by atoms with Gasteiger partial charge in [-0.1, -0.05) is 61.4 Å². The molecule has 2 aliphatic heterocycles. The van der Waals surface area contributed by atoms with Gasteiger partial charge >= 0.3 is 0 Å². The molecule has 0 saturated heterocycles. The van der Waals surface area contributed by atoms with Crippen LogP contribution in [-0.2, 0) is 4.79 Å². The van der Waals surface area contributed by atoms with Gasteiger partial charge in [-0.2, -0.15) is 0 Å². The molecule has 4 aromatic carbocycles. The first-order chi connectivity index (χ1) is 20.5. The fraction of sp³-hybridized carbons (Fsp3) is 0.389. The molecular weight excluding hydrogens is 520 g/mol. The van der Waals surface area contributed by atoms with E-state index in [1.807, 2.05) is 6.07 Å². The maximum absolute atomic E-state index is 14.2. The first-order valence-electron chi connectivity index (χ1n) is 15.8. The fourth-order valence-electron chi connectivity index (χ4n) is 8.62. The Hall–Kier alpha value is -3.90. The Morgan fingerprint density at radius 1 is 0.714 bits per heavy atom. The van der Waals surface area contributed by atoms with Gasteiger partial charge in [0.15, 0.2) is 5.78 Å². The molecule has 2 heterocycles. The molecule has 3 aliphatic carbocycles. The second-order valence-electron chi connectivity index (χ2n) is 13.2. The van der Waals surface area contributed by atoms with E-state index in [4.69, 9.17) is 4.99 Å². The second kappa shape index (κ2) is 8.81. The highest BCUT2D eigenvalue weighted by atomic mass is 16.3. The number of carbonyl (C=O) groups is 1. The molecule has 2 unspecified atom stereocenters. The first kappa shape index (κ1) is 24.7. The van der Waals surface area contributed by atoms with Crippen molar-refractivity contribution in [2.75, 3.05) is 16.0 Å². The summed E-state index contributed by atoms with van der Waals surface area (Å²) in [4.78, 5) is 19.6. The van der Waals surface area contributed by atoms with Gasteiger partial charge in [0.05, 0.1) is 17.4 Å². The monoisotopic (exact) mass is 556 g/mol. The van der Waals surface area contributed by atoms with Crippen LogP contribution in [0.1, 0.15) is 75.7 Å². The normalized spacial score (nSPS) is 26.3. The molecule has 0 amide bonds. The zero-order chi connectivity index (χ0) is 28.1. The van der Waals surface area contributed by atoms with Gasteiger partial charge in [-0.15, -0.1) is 0 Å². The van der Waals surface area contributed by atoms with Crippen LogP contribution in [0.5, 0.6) is 0 Å². The molecule has 4 aromatic rings. The van der Waals surface area contributed by atoms with Crippen molar-refractivity contribution < 1.29 is 9.90 Å². The third kappa shape index (κ3) is 3.42. The van der Waals surface area contributed by atoms with Gasteiger partial charge in [0.1, 0.15) is 11.3 Å². The molecular formula is C36H36N4O2. The summed E-state index contributed by atoms with van der Waals surface area (Å²) in [7, 11) is 0. The zero-order valence-electron chi connectivity index (χ0n) is 23.8. The lowest BCUT2D eigenvalue weighted by atomic mass is 9.69. The quantitative estimate of drug-likeness (QED) is 0.229. The molecule has 0 radical (unpaired) electrons. The summed E-state index contributed by atoms with van der Waals surface area (Å²) in [6.07, 6.45) is 10.3. The fourth-order valence-corrected chi connectivity index (χ4v) is 8.62. The van der Waals surface area contributed by atoms with Crippen LogP contribution in [0.15, 0.2) is 65.7 Å². The number of anilines is 3. The average molecular weight is 557 g/mol. The summed E-state index contributed by atoms with van der Waals surface area (Å²) >= 11 is 0. The van der Waals surface area contributed by atoms with Crippen molar-refractivity contribution in [3.05, 3.63) is 76.8 Å². The molecule has 3 saturated carbocycles. The number of nitrogens with one attached hydrogen (secondary N) is 3. The first-order valence-corrected chi connectivity index (χ1v) is 15.8. The van der Waals surface area contributed by atoms with E-state index in [2.05, 4.69) is 70.5 Å². The number of aliphatic hydroxyl groups excluding tert-OH is 1. The summed E-state index contributed by atoms with van der Waals surface area (Å²) in [5, 5.41) is 29.4. The smallest absolute Gasteiger partial charge is 0.172 e. The number of ketones is 1. The maximum Gasteiger partial charge on any atom is 0.172 e. The minimum Gasteiger partial charge on any atom is -0.387 e. The number of aliphatic hydroxyl groups is 1. The van der Waals surface area contributed by atoms with Gasteiger partial charge in [-0.05, 0) is 79.8 Å². The lowest BCUT2D eigenvalue weighted by molar-refractivity contribution is -0.122. The Labute approximate surface area is 244 Å². The van der Waals surface area contributed by atoms with Crippen LogP contribution in [0, 0.1) is 0 Å². The predicted molar refractivity (Wildman–Crippen MR) is 168 cm³/mol. The highest BCUT2D eigenvalue weighted by molar-refractivity contribution is 6.28. The van der Waals surface area contributed by atoms with E-state index in [1.54, 1.807) is 0 Å². The van der Waals surface area contributed by atoms with Crippen molar-refractivity contribution in [3.63, 3.8) is 0 Å². The van der Waals surface area contributed by atoms with Crippen molar-refractivity contribution in [2.45, 2.75) is 87.6 Å². The third-order valence-corrected chi connectivity index (χ3v) is 10.7.